The van der Waals surface area contributed by atoms with Crippen LogP contribution in [0.2, 0.25) is 0 Å². The molecule has 0 bridgehead atoms. The van der Waals surface area contributed by atoms with Crippen LogP contribution in [0.4, 0.5) is 0 Å². The van der Waals surface area contributed by atoms with Crippen molar-refractivity contribution in [2.24, 2.45) is 5.92 Å². The smallest absolute Gasteiger partial charge is 0.227 e. The van der Waals surface area contributed by atoms with Crippen molar-refractivity contribution in [1.29, 1.82) is 0 Å². The van der Waals surface area contributed by atoms with Crippen molar-refractivity contribution in [3.8, 4) is 5.75 Å². The number of carbonyl (C=O) groups is 1. The fraction of sp³-hybridized carbons (Fsp3) is 0.476. The quantitative estimate of drug-likeness (QED) is 0.847. The van der Waals surface area contributed by atoms with Gasteiger partial charge in [-0.2, -0.15) is 0 Å². The fourth-order valence-electron chi connectivity index (χ4n) is 3.51. The third kappa shape index (κ3) is 4.51. The van der Waals surface area contributed by atoms with E-state index in [1.165, 1.54) is 12.8 Å². The van der Waals surface area contributed by atoms with Gasteiger partial charge in [0.25, 0.3) is 0 Å². The Balaban J connectivity index is 1.58. The van der Waals surface area contributed by atoms with E-state index in [2.05, 4.69) is 22.8 Å². The van der Waals surface area contributed by atoms with E-state index in [-0.39, 0.29) is 11.8 Å². The van der Waals surface area contributed by atoms with Crippen LogP contribution in [-0.2, 0) is 4.79 Å². The van der Waals surface area contributed by atoms with Gasteiger partial charge in [-0.15, -0.1) is 0 Å². The van der Waals surface area contributed by atoms with Crippen molar-refractivity contribution >= 4 is 16.7 Å². The molecule has 1 fully saturated rings. The minimum absolute atomic E-state index is 0.108. The van der Waals surface area contributed by atoms with Crippen LogP contribution in [0.15, 0.2) is 36.4 Å². The molecular formula is C21H28N2O2. The van der Waals surface area contributed by atoms with Gasteiger partial charge in [0.15, 0.2) is 0 Å². The molecule has 0 radical (unpaired) electrons. The Hall–Kier alpha value is -2.07. The van der Waals surface area contributed by atoms with Crippen molar-refractivity contribution in [3.05, 3.63) is 42.0 Å². The molecule has 3 rings (SSSR count). The number of hydrogen-bond donors (Lipinski definition) is 2. The number of rotatable bonds is 6. The normalized spacial score (nSPS) is 18.7. The molecule has 2 aromatic rings. The zero-order chi connectivity index (χ0) is 17.6. The Labute approximate surface area is 149 Å². The first-order valence-corrected chi connectivity index (χ1v) is 9.23. The number of benzene rings is 2. The number of methoxy groups -OCH3 is 1. The summed E-state index contributed by atoms with van der Waals surface area (Å²) in [6, 6.07) is 12.2. The first-order valence-electron chi connectivity index (χ1n) is 9.23. The van der Waals surface area contributed by atoms with Gasteiger partial charge in [-0.05, 0) is 73.7 Å². The molecule has 0 aromatic heterocycles. The van der Waals surface area contributed by atoms with E-state index in [9.17, 15) is 4.79 Å². The van der Waals surface area contributed by atoms with Gasteiger partial charge in [0.1, 0.15) is 5.75 Å². The largest absolute Gasteiger partial charge is 0.497 e. The maximum atomic E-state index is 12.5. The third-order valence-corrected chi connectivity index (χ3v) is 5.22. The molecule has 1 aliphatic rings. The van der Waals surface area contributed by atoms with Gasteiger partial charge in [0.05, 0.1) is 13.0 Å². The summed E-state index contributed by atoms with van der Waals surface area (Å²) < 4.78 is 5.26. The van der Waals surface area contributed by atoms with Gasteiger partial charge in [-0.3, -0.25) is 4.79 Å². The zero-order valence-corrected chi connectivity index (χ0v) is 15.2. The molecule has 4 nitrogen and oxygen atoms in total. The summed E-state index contributed by atoms with van der Waals surface area (Å²) in [6.07, 6.45) is 3.58. The lowest BCUT2D eigenvalue weighted by Gasteiger charge is -2.23. The van der Waals surface area contributed by atoms with Crippen LogP contribution in [0.5, 0.6) is 5.75 Å². The van der Waals surface area contributed by atoms with Crippen molar-refractivity contribution < 1.29 is 9.53 Å². The average molecular weight is 340 g/mol. The van der Waals surface area contributed by atoms with Crippen LogP contribution >= 0.6 is 0 Å². The predicted molar refractivity (Wildman–Crippen MR) is 102 cm³/mol. The van der Waals surface area contributed by atoms with Crippen LogP contribution < -0.4 is 15.4 Å². The minimum atomic E-state index is -0.143. The highest BCUT2D eigenvalue weighted by atomic mass is 16.5. The average Bonchev–Trinajstić information content (AvgIpc) is 2.67. The molecule has 1 aliphatic heterocycles. The van der Waals surface area contributed by atoms with E-state index in [0.717, 1.165) is 48.1 Å². The molecule has 4 heteroatoms. The third-order valence-electron chi connectivity index (χ3n) is 5.22. The minimum Gasteiger partial charge on any atom is -0.497 e. The highest BCUT2D eigenvalue weighted by Gasteiger charge is 2.17. The van der Waals surface area contributed by atoms with E-state index < -0.39 is 0 Å². The molecule has 134 valence electrons. The summed E-state index contributed by atoms with van der Waals surface area (Å²) in [7, 11) is 1.67. The molecule has 25 heavy (non-hydrogen) atoms. The molecule has 1 heterocycles. The summed E-state index contributed by atoms with van der Waals surface area (Å²) in [5.41, 5.74) is 1.05. The highest BCUT2D eigenvalue weighted by molar-refractivity contribution is 5.88. The Morgan fingerprint density at radius 2 is 2.08 bits per heavy atom. The number of carbonyl (C=O) groups excluding carboxylic acids is 1. The predicted octanol–water partition coefficient (Wildman–Crippen LogP) is 3.46. The maximum Gasteiger partial charge on any atom is 0.227 e. The van der Waals surface area contributed by atoms with Crippen molar-refractivity contribution in [3.63, 3.8) is 0 Å². The van der Waals surface area contributed by atoms with Gasteiger partial charge in [0, 0.05) is 6.54 Å². The Kier molecular flexibility index (Phi) is 5.92. The molecule has 0 aliphatic carbocycles. The lowest BCUT2D eigenvalue weighted by atomic mass is 9.95. The molecule has 1 amide bonds. The first kappa shape index (κ1) is 17.7. The number of hydrogen-bond acceptors (Lipinski definition) is 3. The summed E-state index contributed by atoms with van der Waals surface area (Å²) in [5, 5.41) is 8.79. The molecule has 2 aromatic carbocycles. The van der Waals surface area contributed by atoms with Crippen molar-refractivity contribution in [1.82, 2.24) is 10.6 Å². The Morgan fingerprint density at radius 3 is 2.84 bits per heavy atom. The van der Waals surface area contributed by atoms with Crippen LogP contribution in [0.25, 0.3) is 10.8 Å². The summed E-state index contributed by atoms with van der Waals surface area (Å²) in [5.74, 6) is 1.51. The fourth-order valence-corrected chi connectivity index (χ4v) is 3.51. The highest BCUT2D eigenvalue weighted by Crippen LogP contribution is 2.25. The van der Waals surface area contributed by atoms with Gasteiger partial charge >= 0.3 is 0 Å². The molecule has 2 atom stereocenters. The van der Waals surface area contributed by atoms with E-state index in [0.29, 0.717) is 5.92 Å². The summed E-state index contributed by atoms with van der Waals surface area (Å²) >= 11 is 0. The van der Waals surface area contributed by atoms with Crippen LogP contribution in [0, 0.1) is 5.92 Å². The second kappa shape index (κ2) is 8.34. The topological polar surface area (TPSA) is 50.4 Å². The number of fused-ring (bicyclic) bond motifs is 1. The Morgan fingerprint density at radius 1 is 1.28 bits per heavy atom. The standard InChI is InChI=1S/C21H28N2O2/c1-15(21(24)23-11-9-16-4-3-10-22-14-16)17-5-6-19-13-20(25-2)8-7-18(19)12-17/h5-8,12-13,15-16,22H,3-4,9-11,14H2,1-2H3,(H,23,24). The monoisotopic (exact) mass is 340 g/mol. The second-order valence-corrected chi connectivity index (χ2v) is 6.99. The number of ether oxygens (including phenoxy) is 1. The second-order valence-electron chi connectivity index (χ2n) is 6.99. The lowest BCUT2D eigenvalue weighted by Crippen LogP contribution is -2.34. The first-order chi connectivity index (χ1) is 12.2. The van der Waals surface area contributed by atoms with Gasteiger partial charge in [-0.25, -0.2) is 0 Å². The van der Waals surface area contributed by atoms with Crippen molar-refractivity contribution in [2.75, 3.05) is 26.7 Å². The maximum absolute atomic E-state index is 12.5. The lowest BCUT2D eigenvalue weighted by molar-refractivity contribution is -0.122. The van der Waals surface area contributed by atoms with Crippen LogP contribution in [-0.4, -0.2) is 32.7 Å². The van der Waals surface area contributed by atoms with E-state index in [1.807, 2.05) is 31.2 Å². The number of nitrogens with one attached hydrogen (secondary N) is 2. The van der Waals surface area contributed by atoms with E-state index >= 15 is 0 Å². The molecule has 2 unspecified atom stereocenters. The van der Waals surface area contributed by atoms with Crippen LogP contribution in [0.1, 0.15) is 37.7 Å². The summed E-state index contributed by atoms with van der Waals surface area (Å²) in [6.45, 7) is 4.95. The zero-order valence-electron chi connectivity index (χ0n) is 15.2. The number of amides is 1. The van der Waals surface area contributed by atoms with Gasteiger partial charge < -0.3 is 15.4 Å². The van der Waals surface area contributed by atoms with Crippen LogP contribution in [0.3, 0.4) is 0 Å². The van der Waals surface area contributed by atoms with E-state index in [4.69, 9.17) is 4.74 Å². The Bertz CT molecular complexity index is 723. The molecule has 1 saturated heterocycles. The van der Waals surface area contributed by atoms with Crippen molar-refractivity contribution in [2.45, 2.75) is 32.1 Å². The molecule has 2 N–H and O–H groups in total. The molecule has 0 spiro atoms. The SMILES string of the molecule is COc1ccc2cc(C(C)C(=O)NCCC3CCCNC3)ccc2c1. The van der Waals surface area contributed by atoms with E-state index in [1.54, 1.807) is 7.11 Å². The molecular weight excluding hydrogens is 312 g/mol. The van der Waals surface area contributed by atoms with Gasteiger partial charge in [-0.1, -0.05) is 24.3 Å². The number of piperidine rings is 1. The summed E-state index contributed by atoms with van der Waals surface area (Å²) in [4.78, 5) is 12.5. The van der Waals surface area contributed by atoms with Gasteiger partial charge in [0.2, 0.25) is 5.91 Å². The molecule has 0 saturated carbocycles.